The van der Waals surface area contributed by atoms with E-state index in [1.54, 1.807) is 48.5 Å². The molecule has 0 radical (unpaired) electrons. The number of aryl methyl sites for hydroxylation is 1. The van der Waals surface area contributed by atoms with Crippen LogP contribution in [0.3, 0.4) is 0 Å². The van der Waals surface area contributed by atoms with E-state index in [4.69, 9.17) is 0 Å². The van der Waals surface area contributed by atoms with Gasteiger partial charge >= 0.3 is 0 Å². The molecule has 18 heavy (non-hydrogen) atoms. The molecule has 0 spiro atoms. The molecule has 2 rings (SSSR count). The molecule has 3 nitrogen and oxygen atoms in total. The third-order valence-electron chi connectivity index (χ3n) is 2.48. The number of para-hydroxylation sites is 1. The fraction of sp³-hybridized carbons (Fsp3) is 0.0769. The van der Waals surface area contributed by atoms with Crippen molar-refractivity contribution in [3.63, 3.8) is 0 Å². The van der Waals surface area contributed by atoms with Crippen molar-refractivity contribution in [2.45, 2.75) is 16.7 Å². The molecule has 1 N–H and O–H groups in total. The monoisotopic (exact) mass is 279 g/mol. The van der Waals surface area contributed by atoms with Gasteiger partial charge in [0.1, 0.15) is 0 Å². The van der Waals surface area contributed by atoms with E-state index >= 15 is 0 Å². The second kappa shape index (κ2) is 5.04. The molecule has 5 heteroatoms. The normalized spacial score (nSPS) is 11.2. The topological polar surface area (TPSA) is 46.2 Å². The van der Waals surface area contributed by atoms with Gasteiger partial charge in [-0.05, 0) is 31.2 Å². The van der Waals surface area contributed by atoms with Gasteiger partial charge < -0.3 is 0 Å². The fourth-order valence-corrected chi connectivity index (χ4v) is 2.85. The van der Waals surface area contributed by atoms with E-state index < -0.39 is 10.0 Å². The summed E-state index contributed by atoms with van der Waals surface area (Å²) in [7, 11) is -3.55. The quantitative estimate of drug-likeness (QED) is 0.848. The zero-order valence-corrected chi connectivity index (χ0v) is 11.5. The molecule has 0 heterocycles. The smallest absolute Gasteiger partial charge is 0.261 e. The number of hydrogen-bond acceptors (Lipinski definition) is 3. The van der Waals surface area contributed by atoms with Crippen LogP contribution >= 0.6 is 12.6 Å². The molecule has 0 atom stereocenters. The average molecular weight is 279 g/mol. The Morgan fingerprint density at radius 2 is 1.61 bits per heavy atom. The van der Waals surface area contributed by atoms with E-state index in [1.807, 2.05) is 6.92 Å². The van der Waals surface area contributed by atoms with Crippen LogP contribution in [0.4, 0.5) is 5.69 Å². The van der Waals surface area contributed by atoms with Crippen molar-refractivity contribution in [1.82, 2.24) is 0 Å². The van der Waals surface area contributed by atoms with Crippen molar-refractivity contribution in [2.75, 3.05) is 4.72 Å². The van der Waals surface area contributed by atoms with Gasteiger partial charge in [-0.15, -0.1) is 12.6 Å². The maximum Gasteiger partial charge on any atom is 0.261 e. The lowest BCUT2D eigenvalue weighted by Gasteiger charge is -2.09. The highest BCUT2D eigenvalue weighted by molar-refractivity contribution is 7.92. The molecule has 0 bridgehead atoms. The van der Waals surface area contributed by atoms with Crippen molar-refractivity contribution in [3.8, 4) is 0 Å². The van der Waals surface area contributed by atoms with Crippen LogP contribution in [0.15, 0.2) is 58.3 Å². The first-order chi connectivity index (χ1) is 8.49. The van der Waals surface area contributed by atoms with Crippen LogP contribution in [0.5, 0.6) is 0 Å². The second-order valence-corrected chi connectivity index (χ2v) is 6.10. The summed E-state index contributed by atoms with van der Waals surface area (Å²) < 4.78 is 26.8. The Bertz CT molecular complexity index is 649. The van der Waals surface area contributed by atoms with E-state index in [0.29, 0.717) is 10.6 Å². The van der Waals surface area contributed by atoms with Crippen molar-refractivity contribution in [1.29, 1.82) is 0 Å². The SMILES string of the molecule is Cc1ccc(S(=O)(=O)Nc2ccccc2S)cc1. The van der Waals surface area contributed by atoms with Gasteiger partial charge in [-0.3, -0.25) is 4.72 Å². The average Bonchev–Trinajstić information content (AvgIpc) is 2.32. The Morgan fingerprint density at radius 1 is 1.00 bits per heavy atom. The maximum atomic E-state index is 12.1. The molecule has 2 aromatic rings. The molecule has 0 unspecified atom stereocenters. The molecular formula is C13H13NO2S2. The third kappa shape index (κ3) is 2.86. The van der Waals surface area contributed by atoms with Crippen molar-refractivity contribution in [2.24, 2.45) is 0 Å². The summed E-state index contributed by atoms with van der Waals surface area (Å²) in [5.41, 5.74) is 1.49. The summed E-state index contributed by atoms with van der Waals surface area (Å²) in [6.07, 6.45) is 0. The largest absolute Gasteiger partial charge is 0.279 e. The van der Waals surface area contributed by atoms with E-state index in [-0.39, 0.29) is 4.90 Å². The minimum atomic E-state index is -3.55. The van der Waals surface area contributed by atoms with Crippen LogP contribution in [0.2, 0.25) is 0 Å². The highest BCUT2D eigenvalue weighted by Crippen LogP contribution is 2.22. The third-order valence-corrected chi connectivity index (χ3v) is 4.25. The van der Waals surface area contributed by atoms with Gasteiger partial charge in [0.05, 0.1) is 10.6 Å². The van der Waals surface area contributed by atoms with Gasteiger partial charge in [0.25, 0.3) is 10.0 Å². The summed E-state index contributed by atoms with van der Waals surface area (Å²) in [4.78, 5) is 0.831. The van der Waals surface area contributed by atoms with Gasteiger partial charge in [-0.2, -0.15) is 0 Å². The van der Waals surface area contributed by atoms with E-state index in [9.17, 15) is 8.42 Å². The molecule has 0 saturated heterocycles. The van der Waals surface area contributed by atoms with Gasteiger partial charge in [-0.1, -0.05) is 29.8 Å². The number of nitrogens with one attached hydrogen (secondary N) is 1. The second-order valence-electron chi connectivity index (χ2n) is 3.94. The van der Waals surface area contributed by atoms with E-state index in [1.165, 1.54) is 0 Å². The molecular weight excluding hydrogens is 266 g/mol. The summed E-state index contributed by atoms with van der Waals surface area (Å²) in [5.74, 6) is 0. The molecule has 0 aliphatic carbocycles. The van der Waals surface area contributed by atoms with Crippen molar-refractivity contribution in [3.05, 3.63) is 54.1 Å². The molecule has 0 fully saturated rings. The molecule has 2 aromatic carbocycles. The van der Waals surface area contributed by atoms with Gasteiger partial charge in [-0.25, -0.2) is 8.42 Å². The van der Waals surface area contributed by atoms with Crippen molar-refractivity contribution >= 4 is 28.3 Å². The number of thiol groups is 1. The predicted octanol–water partition coefficient (Wildman–Crippen LogP) is 3.08. The highest BCUT2D eigenvalue weighted by atomic mass is 32.2. The summed E-state index contributed by atoms with van der Waals surface area (Å²) in [6.45, 7) is 1.91. The number of rotatable bonds is 3. The van der Waals surface area contributed by atoms with Gasteiger partial charge in [0.2, 0.25) is 0 Å². The Morgan fingerprint density at radius 3 is 2.22 bits per heavy atom. The lowest BCUT2D eigenvalue weighted by molar-refractivity contribution is 0.601. The minimum Gasteiger partial charge on any atom is -0.279 e. The highest BCUT2D eigenvalue weighted by Gasteiger charge is 2.14. The van der Waals surface area contributed by atoms with Gasteiger partial charge in [0, 0.05) is 4.90 Å². The van der Waals surface area contributed by atoms with Gasteiger partial charge in [0.15, 0.2) is 0 Å². The van der Waals surface area contributed by atoms with E-state index in [0.717, 1.165) is 5.56 Å². The number of anilines is 1. The van der Waals surface area contributed by atoms with Crippen LogP contribution in [-0.2, 0) is 10.0 Å². The first-order valence-corrected chi connectivity index (χ1v) is 7.29. The van der Waals surface area contributed by atoms with Crippen LogP contribution in [0, 0.1) is 6.92 Å². The minimum absolute atomic E-state index is 0.240. The standard InChI is InChI=1S/C13H13NO2S2/c1-10-6-8-11(9-7-10)18(15,16)14-12-4-2-3-5-13(12)17/h2-9,14,17H,1H3. The predicted molar refractivity (Wildman–Crippen MR) is 75.7 cm³/mol. The molecule has 0 saturated carbocycles. The number of hydrogen-bond donors (Lipinski definition) is 2. The Balaban J connectivity index is 2.33. The summed E-state index contributed by atoms with van der Waals surface area (Å²) >= 11 is 4.21. The zero-order chi connectivity index (χ0) is 13.2. The lowest BCUT2D eigenvalue weighted by atomic mass is 10.2. The van der Waals surface area contributed by atoms with Crippen LogP contribution in [0.1, 0.15) is 5.56 Å². The molecule has 0 aliphatic heterocycles. The Kier molecular flexibility index (Phi) is 3.63. The molecule has 94 valence electrons. The first-order valence-electron chi connectivity index (χ1n) is 5.36. The lowest BCUT2D eigenvalue weighted by Crippen LogP contribution is -2.13. The fourth-order valence-electron chi connectivity index (χ4n) is 1.48. The number of benzene rings is 2. The maximum absolute atomic E-state index is 12.1. The van der Waals surface area contributed by atoms with Crippen LogP contribution in [-0.4, -0.2) is 8.42 Å². The molecule has 0 amide bonds. The number of sulfonamides is 1. The van der Waals surface area contributed by atoms with Crippen LogP contribution in [0.25, 0.3) is 0 Å². The Hall–Kier alpha value is -1.46. The first kappa shape index (κ1) is 13.0. The summed E-state index contributed by atoms with van der Waals surface area (Å²) in [5, 5.41) is 0. The Labute approximate surface area is 112 Å². The molecule has 0 aliphatic rings. The molecule has 0 aromatic heterocycles. The van der Waals surface area contributed by atoms with E-state index in [2.05, 4.69) is 17.4 Å². The zero-order valence-electron chi connectivity index (χ0n) is 9.79. The van der Waals surface area contributed by atoms with Crippen LogP contribution < -0.4 is 4.72 Å². The van der Waals surface area contributed by atoms with Crippen molar-refractivity contribution < 1.29 is 8.42 Å². The summed E-state index contributed by atoms with van der Waals surface area (Å²) in [6, 6.07) is 13.7.